The minimum Gasteiger partial charge on any atom is -0.384 e. The van der Waals surface area contributed by atoms with E-state index in [-0.39, 0.29) is 5.91 Å². The maximum absolute atomic E-state index is 12.1. The van der Waals surface area contributed by atoms with E-state index in [2.05, 4.69) is 0 Å². The molecule has 2 N–H and O–H groups in total. The van der Waals surface area contributed by atoms with E-state index in [0.29, 0.717) is 26.1 Å². The Morgan fingerprint density at radius 1 is 1.44 bits per heavy atom. The van der Waals surface area contributed by atoms with E-state index >= 15 is 0 Å². The van der Waals surface area contributed by atoms with Crippen molar-refractivity contribution in [2.45, 2.75) is 19.8 Å². The molecule has 0 heterocycles. The highest BCUT2D eigenvalue weighted by Crippen LogP contribution is 2.17. The summed E-state index contributed by atoms with van der Waals surface area (Å²) in [6.07, 6.45) is 1.20. The van der Waals surface area contributed by atoms with Crippen LogP contribution in [-0.2, 0) is 9.53 Å². The highest BCUT2D eigenvalue weighted by Gasteiger charge is 2.14. The van der Waals surface area contributed by atoms with E-state index in [4.69, 9.17) is 10.5 Å². The van der Waals surface area contributed by atoms with Gasteiger partial charge in [-0.25, -0.2) is 0 Å². The molecule has 4 heteroatoms. The highest BCUT2D eigenvalue weighted by molar-refractivity contribution is 5.93. The number of rotatable bonds is 7. The van der Waals surface area contributed by atoms with Crippen LogP contribution in [-0.4, -0.2) is 32.7 Å². The van der Waals surface area contributed by atoms with Gasteiger partial charge in [0.2, 0.25) is 5.91 Å². The van der Waals surface area contributed by atoms with E-state index in [1.807, 2.05) is 31.2 Å². The topological polar surface area (TPSA) is 55.6 Å². The second-order valence-electron chi connectivity index (χ2n) is 4.27. The molecule has 100 valence electrons. The second-order valence-corrected chi connectivity index (χ2v) is 4.27. The summed E-state index contributed by atoms with van der Waals surface area (Å²) in [5.74, 6) is 0.0795. The van der Waals surface area contributed by atoms with E-state index < -0.39 is 0 Å². The number of anilines is 1. The van der Waals surface area contributed by atoms with Crippen LogP contribution >= 0.6 is 0 Å². The van der Waals surface area contributed by atoms with E-state index in [1.165, 1.54) is 0 Å². The number of carbonyl (C=O) groups is 1. The van der Waals surface area contributed by atoms with Gasteiger partial charge in [0.05, 0.1) is 13.0 Å². The predicted molar refractivity (Wildman–Crippen MR) is 73.7 cm³/mol. The summed E-state index contributed by atoms with van der Waals surface area (Å²) >= 11 is 0. The zero-order valence-corrected chi connectivity index (χ0v) is 11.2. The van der Waals surface area contributed by atoms with Crippen LogP contribution < -0.4 is 10.6 Å². The third-order valence-corrected chi connectivity index (χ3v) is 2.72. The Hall–Kier alpha value is -1.39. The lowest BCUT2D eigenvalue weighted by Gasteiger charge is -2.23. The fourth-order valence-corrected chi connectivity index (χ4v) is 1.77. The van der Waals surface area contributed by atoms with Gasteiger partial charge < -0.3 is 15.4 Å². The maximum Gasteiger partial charge on any atom is 0.229 e. The summed E-state index contributed by atoms with van der Waals surface area (Å²) in [5.41, 5.74) is 7.60. The average Bonchev–Trinajstić information content (AvgIpc) is 2.37. The Morgan fingerprint density at radius 3 is 2.83 bits per heavy atom. The molecule has 0 atom stereocenters. The Balaban J connectivity index is 2.80. The fraction of sp³-hybridized carbons (Fsp3) is 0.500. The van der Waals surface area contributed by atoms with Gasteiger partial charge in [0.25, 0.3) is 0 Å². The van der Waals surface area contributed by atoms with Gasteiger partial charge in [0.1, 0.15) is 0 Å². The van der Waals surface area contributed by atoms with Gasteiger partial charge in [-0.2, -0.15) is 0 Å². The van der Waals surface area contributed by atoms with Gasteiger partial charge in [-0.1, -0.05) is 12.1 Å². The predicted octanol–water partition coefficient (Wildman–Crippen LogP) is 1.71. The van der Waals surface area contributed by atoms with Crippen LogP contribution in [0, 0.1) is 6.92 Å². The lowest BCUT2D eigenvalue weighted by Crippen LogP contribution is -2.33. The Labute approximate surface area is 109 Å². The highest BCUT2D eigenvalue weighted by atomic mass is 16.5. The first kappa shape index (κ1) is 14.7. The van der Waals surface area contributed by atoms with Crippen LogP contribution in [0.3, 0.4) is 0 Å². The first-order chi connectivity index (χ1) is 8.69. The van der Waals surface area contributed by atoms with Crippen molar-refractivity contribution in [1.29, 1.82) is 0 Å². The standard InChI is InChI=1S/C14H22N2O2/c1-12-5-3-6-13(11-12)16(9-4-8-15)14(17)7-10-18-2/h3,5-6,11H,4,7-10,15H2,1-2H3. The molecule has 0 saturated carbocycles. The third kappa shape index (κ3) is 4.47. The molecule has 0 fully saturated rings. The summed E-state index contributed by atoms with van der Waals surface area (Å²) in [4.78, 5) is 13.9. The number of methoxy groups -OCH3 is 1. The molecule has 1 rings (SSSR count). The van der Waals surface area contributed by atoms with E-state index in [1.54, 1.807) is 12.0 Å². The molecule has 0 aliphatic rings. The summed E-state index contributed by atoms with van der Waals surface area (Å²) in [6.45, 7) is 3.70. The number of nitrogens with zero attached hydrogens (tertiary/aromatic N) is 1. The number of hydrogen-bond acceptors (Lipinski definition) is 3. The molecule has 0 spiro atoms. The van der Waals surface area contributed by atoms with E-state index in [9.17, 15) is 4.79 Å². The summed E-state index contributed by atoms with van der Waals surface area (Å²) < 4.78 is 4.95. The number of ether oxygens (including phenoxy) is 1. The van der Waals surface area contributed by atoms with Gasteiger partial charge in [0, 0.05) is 19.3 Å². The number of nitrogens with two attached hydrogens (primary N) is 1. The minimum absolute atomic E-state index is 0.0795. The number of hydrogen-bond donors (Lipinski definition) is 1. The zero-order valence-electron chi connectivity index (χ0n) is 11.2. The molecular weight excluding hydrogens is 228 g/mol. The minimum atomic E-state index is 0.0795. The van der Waals surface area contributed by atoms with Gasteiger partial charge >= 0.3 is 0 Å². The number of amides is 1. The van der Waals surface area contributed by atoms with Crippen LogP contribution in [0.25, 0.3) is 0 Å². The molecule has 0 radical (unpaired) electrons. The number of carbonyl (C=O) groups excluding carboxylic acids is 1. The molecular formula is C14H22N2O2. The molecule has 0 aliphatic heterocycles. The Morgan fingerprint density at radius 2 is 2.22 bits per heavy atom. The van der Waals surface area contributed by atoms with Crippen LogP contribution in [0.5, 0.6) is 0 Å². The summed E-state index contributed by atoms with van der Waals surface area (Å²) in [6, 6.07) is 7.95. The number of aryl methyl sites for hydroxylation is 1. The van der Waals surface area contributed by atoms with Crippen molar-refractivity contribution in [2.24, 2.45) is 5.73 Å². The maximum atomic E-state index is 12.1. The van der Waals surface area contributed by atoms with Crippen molar-refractivity contribution < 1.29 is 9.53 Å². The Bertz CT molecular complexity index is 380. The van der Waals surface area contributed by atoms with Crippen LogP contribution in [0.2, 0.25) is 0 Å². The normalized spacial score (nSPS) is 10.4. The number of benzene rings is 1. The van der Waals surface area contributed by atoms with Crippen molar-refractivity contribution in [1.82, 2.24) is 0 Å². The molecule has 0 unspecified atom stereocenters. The molecule has 1 aromatic carbocycles. The van der Waals surface area contributed by atoms with Crippen LogP contribution in [0.15, 0.2) is 24.3 Å². The second kappa shape index (κ2) is 7.84. The third-order valence-electron chi connectivity index (χ3n) is 2.72. The van der Waals surface area contributed by atoms with Gasteiger partial charge in [-0.3, -0.25) is 4.79 Å². The first-order valence-corrected chi connectivity index (χ1v) is 6.25. The monoisotopic (exact) mass is 250 g/mol. The Kier molecular flexibility index (Phi) is 6.39. The summed E-state index contributed by atoms with van der Waals surface area (Å²) in [7, 11) is 1.60. The van der Waals surface area contributed by atoms with Crippen LogP contribution in [0.1, 0.15) is 18.4 Å². The van der Waals surface area contributed by atoms with E-state index in [0.717, 1.165) is 17.7 Å². The summed E-state index contributed by atoms with van der Waals surface area (Å²) in [5, 5.41) is 0. The fourth-order valence-electron chi connectivity index (χ4n) is 1.77. The van der Waals surface area contributed by atoms with Crippen molar-refractivity contribution >= 4 is 11.6 Å². The van der Waals surface area contributed by atoms with Gasteiger partial charge in [0.15, 0.2) is 0 Å². The van der Waals surface area contributed by atoms with Crippen molar-refractivity contribution in [2.75, 3.05) is 31.7 Å². The van der Waals surface area contributed by atoms with Crippen LogP contribution in [0.4, 0.5) is 5.69 Å². The molecule has 0 aromatic heterocycles. The molecule has 18 heavy (non-hydrogen) atoms. The smallest absolute Gasteiger partial charge is 0.229 e. The molecule has 4 nitrogen and oxygen atoms in total. The van der Waals surface area contributed by atoms with Crippen molar-refractivity contribution in [3.63, 3.8) is 0 Å². The van der Waals surface area contributed by atoms with Crippen molar-refractivity contribution in [3.8, 4) is 0 Å². The zero-order chi connectivity index (χ0) is 13.4. The van der Waals surface area contributed by atoms with Gasteiger partial charge in [-0.15, -0.1) is 0 Å². The van der Waals surface area contributed by atoms with Crippen molar-refractivity contribution in [3.05, 3.63) is 29.8 Å². The lowest BCUT2D eigenvalue weighted by atomic mass is 10.2. The molecule has 1 aromatic rings. The molecule has 1 amide bonds. The average molecular weight is 250 g/mol. The lowest BCUT2D eigenvalue weighted by molar-refractivity contribution is -0.119. The van der Waals surface area contributed by atoms with Gasteiger partial charge in [-0.05, 0) is 37.6 Å². The molecule has 0 saturated heterocycles. The quantitative estimate of drug-likeness (QED) is 0.801. The largest absolute Gasteiger partial charge is 0.384 e. The SMILES string of the molecule is COCCC(=O)N(CCCN)c1cccc(C)c1. The molecule has 0 bridgehead atoms. The molecule has 0 aliphatic carbocycles. The first-order valence-electron chi connectivity index (χ1n) is 6.25.